The Morgan fingerprint density at radius 2 is 1.84 bits per heavy atom. The van der Waals surface area contributed by atoms with Gasteiger partial charge in [0.1, 0.15) is 6.04 Å². The average Bonchev–Trinajstić information content (AvgIpc) is 2.62. The zero-order chi connectivity index (χ0) is 18.4. The Morgan fingerprint density at radius 3 is 2.44 bits per heavy atom. The van der Waals surface area contributed by atoms with E-state index in [0.717, 1.165) is 12.8 Å². The van der Waals surface area contributed by atoms with Crippen molar-refractivity contribution in [2.45, 2.75) is 37.1 Å². The number of carbonyl (C=O) groups is 2. The van der Waals surface area contributed by atoms with Crippen molar-refractivity contribution in [3.05, 3.63) is 29.8 Å². The molecule has 0 saturated carbocycles. The molecule has 138 valence electrons. The Morgan fingerprint density at radius 1 is 1.16 bits per heavy atom. The third-order valence-corrected chi connectivity index (χ3v) is 6.22. The second-order valence-electron chi connectivity index (χ2n) is 6.10. The van der Waals surface area contributed by atoms with E-state index in [1.54, 1.807) is 7.05 Å². The van der Waals surface area contributed by atoms with Crippen LogP contribution < -0.4 is 10.6 Å². The molecule has 0 spiro atoms. The summed E-state index contributed by atoms with van der Waals surface area (Å²) in [4.78, 5) is 23.9. The van der Waals surface area contributed by atoms with Gasteiger partial charge in [-0.1, -0.05) is 18.6 Å². The molecule has 1 aromatic rings. The molecule has 8 heteroatoms. The number of nitrogens with one attached hydrogen (secondary N) is 2. The topological polar surface area (TPSA) is 95.6 Å². The van der Waals surface area contributed by atoms with E-state index in [2.05, 4.69) is 10.6 Å². The maximum atomic E-state index is 13.0. The highest BCUT2D eigenvalue weighted by Crippen LogP contribution is 2.25. The summed E-state index contributed by atoms with van der Waals surface area (Å²) in [6, 6.07) is 5.17. The van der Waals surface area contributed by atoms with Gasteiger partial charge < -0.3 is 10.6 Å². The number of Topliss-reactive ketones (excluding diaryl/α,β-unsaturated/α-hetero) is 1. The van der Waals surface area contributed by atoms with Crippen LogP contribution in [-0.2, 0) is 14.8 Å². The van der Waals surface area contributed by atoms with Gasteiger partial charge in [-0.2, -0.15) is 4.31 Å². The van der Waals surface area contributed by atoms with Gasteiger partial charge in [0, 0.05) is 25.2 Å². The Bertz CT molecular complexity index is 716. The van der Waals surface area contributed by atoms with E-state index in [1.807, 2.05) is 0 Å². The second-order valence-corrected chi connectivity index (χ2v) is 7.99. The van der Waals surface area contributed by atoms with E-state index in [0.29, 0.717) is 31.6 Å². The number of benzene rings is 1. The summed E-state index contributed by atoms with van der Waals surface area (Å²) in [5.41, 5.74) is 0.457. The summed E-state index contributed by atoms with van der Waals surface area (Å²) in [6.45, 7) is 2.82. The van der Waals surface area contributed by atoms with Crippen molar-refractivity contribution in [1.29, 1.82) is 0 Å². The molecule has 7 nitrogen and oxygen atoms in total. The molecule has 2 N–H and O–H groups in total. The Hall–Kier alpha value is -1.77. The molecule has 1 heterocycles. The lowest BCUT2D eigenvalue weighted by molar-refractivity contribution is -0.125. The third kappa shape index (κ3) is 4.65. The predicted molar refractivity (Wildman–Crippen MR) is 94.9 cm³/mol. The molecule has 1 aliphatic heterocycles. The first-order chi connectivity index (χ1) is 11.9. The minimum atomic E-state index is -3.78. The fourth-order valence-electron chi connectivity index (χ4n) is 2.88. The van der Waals surface area contributed by atoms with Gasteiger partial charge >= 0.3 is 0 Å². The molecule has 0 radical (unpaired) electrons. The quantitative estimate of drug-likeness (QED) is 0.548. The first kappa shape index (κ1) is 19.6. The molecule has 1 amide bonds. The number of ketones is 1. The van der Waals surface area contributed by atoms with Crippen LogP contribution >= 0.6 is 0 Å². The second kappa shape index (κ2) is 8.55. The smallest absolute Gasteiger partial charge is 0.243 e. The molecule has 1 atom stereocenters. The molecule has 0 bridgehead atoms. The van der Waals surface area contributed by atoms with Gasteiger partial charge in [-0.15, -0.1) is 0 Å². The lowest BCUT2D eigenvalue weighted by atomic mass is 10.0. The van der Waals surface area contributed by atoms with Gasteiger partial charge in [0.2, 0.25) is 15.9 Å². The summed E-state index contributed by atoms with van der Waals surface area (Å²) in [5.74, 6) is -0.386. The molecule has 1 unspecified atom stereocenters. The van der Waals surface area contributed by atoms with Crippen LogP contribution in [0.15, 0.2) is 29.2 Å². The van der Waals surface area contributed by atoms with E-state index in [1.165, 1.54) is 35.5 Å². The van der Waals surface area contributed by atoms with Crippen LogP contribution in [0.2, 0.25) is 0 Å². The molecule has 1 aliphatic rings. The van der Waals surface area contributed by atoms with Crippen LogP contribution in [0.1, 0.15) is 36.5 Å². The first-order valence-corrected chi connectivity index (χ1v) is 9.87. The predicted octanol–water partition coefficient (Wildman–Crippen LogP) is 0.768. The Balaban J connectivity index is 2.22. The summed E-state index contributed by atoms with van der Waals surface area (Å²) in [6.07, 6.45) is 2.06. The fraction of sp³-hybridized carbons (Fsp3) is 0.529. The molecular weight excluding hydrogens is 342 g/mol. The van der Waals surface area contributed by atoms with E-state index in [-0.39, 0.29) is 16.6 Å². The number of likely N-dealkylation sites (N-methyl/N-ethyl adjacent to an activating group) is 1. The highest BCUT2D eigenvalue weighted by atomic mass is 32.2. The van der Waals surface area contributed by atoms with Crippen LogP contribution in [0.25, 0.3) is 0 Å². The van der Waals surface area contributed by atoms with Crippen molar-refractivity contribution >= 4 is 21.7 Å². The van der Waals surface area contributed by atoms with E-state index >= 15 is 0 Å². The van der Waals surface area contributed by atoms with Crippen molar-refractivity contribution in [2.24, 2.45) is 0 Å². The zero-order valence-electron chi connectivity index (χ0n) is 14.6. The Labute approximate surface area is 148 Å². The molecule has 1 fully saturated rings. The number of carbonyl (C=O) groups excluding carboxylic acids is 2. The van der Waals surface area contributed by atoms with Gasteiger partial charge in [0.25, 0.3) is 0 Å². The van der Waals surface area contributed by atoms with E-state index in [4.69, 9.17) is 0 Å². The normalized spacial score (nSPS) is 18.7. The Kier molecular flexibility index (Phi) is 6.69. The maximum Gasteiger partial charge on any atom is 0.243 e. The molecule has 25 heavy (non-hydrogen) atoms. The minimum absolute atomic E-state index is 0.104. The number of hydrogen-bond acceptors (Lipinski definition) is 5. The molecular formula is C17H25N3O4S. The van der Waals surface area contributed by atoms with Crippen LogP contribution in [0, 0.1) is 0 Å². The lowest BCUT2D eigenvalue weighted by Gasteiger charge is -2.33. The van der Waals surface area contributed by atoms with Crippen molar-refractivity contribution in [3.8, 4) is 0 Å². The average molecular weight is 367 g/mol. The van der Waals surface area contributed by atoms with Gasteiger partial charge in [0.15, 0.2) is 5.78 Å². The van der Waals surface area contributed by atoms with Gasteiger partial charge in [-0.3, -0.25) is 9.59 Å². The van der Waals surface area contributed by atoms with Gasteiger partial charge in [-0.05, 0) is 38.9 Å². The SMILES string of the molecule is CNCCNC(=O)C1CCCCN1S(=O)(=O)c1ccc(C(C)=O)cc1. The summed E-state index contributed by atoms with van der Waals surface area (Å²) >= 11 is 0. The summed E-state index contributed by atoms with van der Waals surface area (Å²) < 4.78 is 27.2. The van der Waals surface area contributed by atoms with Gasteiger partial charge in [-0.25, -0.2) is 8.42 Å². The number of sulfonamides is 1. The van der Waals surface area contributed by atoms with Crippen LogP contribution in [0.4, 0.5) is 0 Å². The maximum absolute atomic E-state index is 13.0. The minimum Gasteiger partial charge on any atom is -0.353 e. The largest absolute Gasteiger partial charge is 0.353 e. The molecule has 1 aromatic carbocycles. The molecule has 1 saturated heterocycles. The fourth-order valence-corrected chi connectivity index (χ4v) is 4.54. The monoisotopic (exact) mass is 367 g/mol. The number of piperidine rings is 1. The van der Waals surface area contributed by atoms with Crippen molar-refractivity contribution < 1.29 is 18.0 Å². The van der Waals surface area contributed by atoms with Gasteiger partial charge in [0.05, 0.1) is 4.90 Å². The summed E-state index contributed by atoms with van der Waals surface area (Å²) in [7, 11) is -2.00. The first-order valence-electron chi connectivity index (χ1n) is 8.43. The van der Waals surface area contributed by atoms with E-state index in [9.17, 15) is 18.0 Å². The lowest BCUT2D eigenvalue weighted by Crippen LogP contribution is -2.52. The van der Waals surface area contributed by atoms with Crippen molar-refractivity contribution in [3.63, 3.8) is 0 Å². The molecule has 2 rings (SSSR count). The van der Waals surface area contributed by atoms with Crippen LogP contribution in [-0.4, -0.2) is 57.1 Å². The van der Waals surface area contributed by atoms with E-state index < -0.39 is 16.1 Å². The highest BCUT2D eigenvalue weighted by Gasteiger charge is 2.37. The zero-order valence-corrected chi connectivity index (χ0v) is 15.4. The van der Waals surface area contributed by atoms with Crippen LogP contribution in [0.5, 0.6) is 0 Å². The van der Waals surface area contributed by atoms with Crippen molar-refractivity contribution in [2.75, 3.05) is 26.7 Å². The number of nitrogens with zero attached hydrogens (tertiary/aromatic N) is 1. The standard InChI is InChI=1S/C17H25N3O4S/c1-13(21)14-6-8-15(9-7-14)25(23,24)20-12-4-3-5-16(20)17(22)19-11-10-18-2/h6-9,16,18H,3-5,10-12H2,1-2H3,(H,19,22). The van der Waals surface area contributed by atoms with Crippen LogP contribution in [0.3, 0.4) is 0 Å². The number of amides is 1. The third-order valence-electron chi connectivity index (χ3n) is 4.30. The highest BCUT2D eigenvalue weighted by molar-refractivity contribution is 7.89. The molecule has 0 aliphatic carbocycles. The summed E-state index contributed by atoms with van der Waals surface area (Å²) in [5, 5.41) is 5.71. The number of rotatable bonds is 7. The molecule has 0 aromatic heterocycles. The number of hydrogen-bond donors (Lipinski definition) is 2. The van der Waals surface area contributed by atoms with Crippen molar-refractivity contribution in [1.82, 2.24) is 14.9 Å².